The van der Waals surface area contributed by atoms with Crippen molar-refractivity contribution in [3.05, 3.63) is 6.92 Å². The monoisotopic (exact) mass is 226 g/mol. The first kappa shape index (κ1) is 15.3. The molecule has 0 nitrogen and oxygen atoms in total. The van der Waals surface area contributed by atoms with Gasteiger partial charge in [-0.25, -0.2) is 0 Å². The molecule has 0 fully saturated rings. The average Bonchev–Trinajstić information content (AvgIpc) is 1.97. The first-order valence-electron chi connectivity index (χ1n) is 4.71. The van der Waals surface area contributed by atoms with E-state index in [9.17, 15) is 0 Å². The molecular formula is C10H21Rb. The maximum absolute atomic E-state index is 3.82. The molecule has 0 radical (unpaired) electrons. The SMILES string of the molecule is [CH2-]CCCCCCCCC.[Rb+]. The van der Waals surface area contributed by atoms with Crippen molar-refractivity contribution in [2.45, 2.75) is 58.3 Å². The van der Waals surface area contributed by atoms with E-state index >= 15 is 0 Å². The molecule has 0 saturated heterocycles. The van der Waals surface area contributed by atoms with Gasteiger partial charge in [0.15, 0.2) is 0 Å². The smallest absolute Gasteiger partial charge is 0.343 e. The van der Waals surface area contributed by atoms with Crippen LogP contribution < -0.4 is 58.2 Å². The van der Waals surface area contributed by atoms with Crippen LogP contribution in [0, 0.1) is 6.92 Å². The van der Waals surface area contributed by atoms with Crippen LogP contribution in [-0.2, 0) is 0 Å². The predicted molar refractivity (Wildman–Crippen MR) is 48.0 cm³/mol. The second-order valence-electron chi connectivity index (χ2n) is 2.97. The van der Waals surface area contributed by atoms with Crippen LogP contribution in [-0.4, -0.2) is 0 Å². The van der Waals surface area contributed by atoms with Crippen molar-refractivity contribution in [1.82, 2.24) is 0 Å². The molecular weight excluding hydrogens is 206 g/mol. The molecule has 0 aromatic carbocycles. The summed E-state index contributed by atoms with van der Waals surface area (Å²) in [7, 11) is 0. The van der Waals surface area contributed by atoms with Crippen LogP contribution in [0.1, 0.15) is 58.3 Å². The van der Waals surface area contributed by atoms with Gasteiger partial charge in [-0.15, -0.1) is 0 Å². The molecule has 0 rings (SSSR count). The Morgan fingerprint density at radius 2 is 1.27 bits per heavy atom. The van der Waals surface area contributed by atoms with E-state index < -0.39 is 0 Å². The molecule has 0 aliphatic heterocycles. The van der Waals surface area contributed by atoms with Gasteiger partial charge in [0.1, 0.15) is 0 Å². The Balaban J connectivity index is 0. The van der Waals surface area contributed by atoms with Crippen molar-refractivity contribution in [3.8, 4) is 0 Å². The molecule has 0 aliphatic rings. The van der Waals surface area contributed by atoms with Crippen molar-refractivity contribution >= 4 is 0 Å². The summed E-state index contributed by atoms with van der Waals surface area (Å²) in [6.07, 6.45) is 10.9. The van der Waals surface area contributed by atoms with Crippen molar-refractivity contribution < 1.29 is 58.2 Å². The molecule has 0 spiro atoms. The van der Waals surface area contributed by atoms with E-state index in [1.54, 1.807) is 0 Å². The Bertz CT molecular complexity index is 44.8. The largest absolute Gasteiger partial charge is 1.00 e. The zero-order valence-electron chi connectivity index (χ0n) is 8.36. The first-order chi connectivity index (χ1) is 4.91. The summed E-state index contributed by atoms with van der Waals surface area (Å²) in [6, 6.07) is 0. The molecule has 0 amide bonds. The van der Waals surface area contributed by atoms with Gasteiger partial charge >= 0.3 is 58.2 Å². The summed E-state index contributed by atoms with van der Waals surface area (Å²) in [6.45, 7) is 6.08. The topological polar surface area (TPSA) is 0 Å². The van der Waals surface area contributed by atoms with E-state index in [-0.39, 0.29) is 58.2 Å². The zero-order valence-corrected chi connectivity index (χ0v) is 13.3. The second kappa shape index (κ2) is 14.3. The van der Waals surface area contributed by atoms with Crippen LogP contribution in [0.4, 0.5) is 0 Å². The van der Waals surface area contributed by atoms with Gasteiger partial charge in [0.05, 0.1) is 0 Å². The van der Waals surface area contributed by atoms with E-state index in [4.69, 9.17) is 0 Å². The average molecular weight is 227 g/mol. The minimum absolute atomic E-state index is 0. The number of hydrogen-bond acceptors (Lipinski definition) is 0. The van der Waals surface area contributed by atoms with Crippen molar-refractivity contribution in [1.29, 1.82) is 0 Å². The second-order valence-corrected chi connectivity index (χ2v) is 2.97. The first-order valence-corrected chi connectivity index (χ1v) is 4.71. The molecule has 0 bridgehead atoms. The Labute approximate surface area is 121 Å². The van der Waals surface area contributed by atoms with Crippen molar-refractivity contribution in [2.75, 3.05) is 0 Å². The summed E-state index contributed by atoms with van der Waals surface area (Å²) in [4.78, 5) is 0. The Morgan fingerprint density at radius 3 is 1.73 bits per heavy atom. The molecule has 0 unspecified atom stereocenters. The molecule has 0 heterocycles. The molecule has 0 aromatic rings. The van der Waals surface area contributed by atoms with Crippen LogP contribution in [0.15, 0.2) is 0 Å². The maximum Gasteiger partial charge on any atom is 1.00 e. The summed E-state index contributed by atoms with van der Waals surface area (Å²) in [5, 5.41) is 0. The molecule has 0 atom stereocenters. The standard InChI is InChI=1S/C10H21.Rb/c1-3-5-7-9-10-8-6-4-2;/h1,3-10H2,2H3;/q-1;+1. The maximum atomic E-state index is 3.82. The van der Waals surface area contributed by atoms with Gasteiger partial charge in [-0.1, -0.05) is 51.9 Å². The molecule has 62 valence electrons. The zero-order chi connectivity index (χ0) is 7.66. The third kappa shape index (κ3) is 14.6. The van der Waals surface area contributed by atoms with E-state index in [1.165, 1.54) is 44.9 Å². The summed E-state index contributed by atoms with van der Waals surface area (Å²) in [5.74, 6) is 0. The molecule has 0 aliphatic carbocycles. The van der Waals surface area contributed by atoms with Crippen LogP contribution in [0.5, 0.6) is 0 Å². The Kier molecular flexibility index (Phi) is 19.9. The number of unbranched alkanes of at least 4 members (excludes halogenated alkanes) is 7. The summed E-state index contributed by atoms with van der Waals surface area (Å²) < 4.78 is 0. The third-order valence-corrected chi connectivity index (χ3v) is 1.85. The minimum atomic E-state index is 0. The normalized spacial score (nSPS) is 9.27. The van der Waals surface area contributed by atoms with Gasteiger partial charge in [-0.3, -0.25) is 0 Å². The fraction of sp³-hybridized carbons (Fsp3) is 0.900. The van der Waals surface area contributed by atoms with Gasteiger partial charge < -0.3 is 6.92 Å². The Hall–Kier alpha value is 1.81. The van der Waals surface area contributed by atoms with Gasteiger partial charge in [-0.05, 0) is 0 Å². The van der Waals surface area contributed by atoms with Gasteiger partial charge in [0, 0.05) is 0 Å². The van der Waals surface area contributed by atoms with Gasteiger partial charge in [0.2, 0.25) is 0 Å². The van der Waals surface area contributed by atoms with E-state index in [0.717, 1.165) is 6.42 Å². The van der Waals surface area contributed by atoms with Crippen molar-refractivity contribution in [3.63, 3.8) is 0 Å². The van der Waals surface area contributed by atoms with Crippen LogP contribution in [0.2, 0.25) is 0 Å². The van der Waals surface area contributed by atoms with Crippen molar-refractivity contribution in [2.24, 2.45) is 0 Å². The van der Waals surface area contributed by atoms with E-state index in [0.29, 0.717) is 0 Å². The number of hydrogen-bond donors (Lipinski definition) is 0. The summed E-state index contributed by atoms with van der Waals surface area (Å²) in [5.41, 5.74) is 0. The molecule has 1 heteroatoms. The molecule has 11 heavy (non-hydrogen) atoms. The molecule has 0 aromatic heterocycles. The molecule has 0 saturated carbocycles. The van der Waals surface area contributed by atoms with E-state index in [2.05, 4.69) is 13.8 Å². The van der Waals surface area contributed by atoms with Gasteiger partial charge in [0.25, 0.3) is 0 Å². The van der Waals surface area contributed by atoms with Crippen LogP contribution in [0.25, 0.3) is 0 Å². The minimum Gasteiger partial charge on any atom is -0.343 e. The van der Waals surface area contributed by atoms with E-state index in [1.807, 2.05) is 0 Å². The summed E-state index contributed by atoms with van der Waals surface area (Å²) >= 11 is 0. The number of rotatable bonds is 7. The van der Waals surface area contributed by atoms with Crippen LogP contribution >= 0.6 is 0 Å². The third-order valence-electron chi connectivity index (χ3n) is 1.85. The van der Waals surface area contributed by atoms with Crippen LogP contribution in [0.3, 0.4) is 0 Å². The predicted octanol–water partition coefficient (Wildman–Crippen LogP) is 0.965. The molecule has 0 N–H and O–H groups in total. The fourth-order valence-corrected chi connectivity index (χ4v) is 1.13. The quantitative estimate of drug-likeness (QED) is 0.448. The Morgan fingerprint density at radius 1 is 0.818 bits per heavy atom. The van der Waals surface area contributed by atoms with Gasteiger partial charge in [-0.2, -0.15) is 6.42 Å². The fourth-order valence-electron chi connectivity index (χ4n) is 1.13.